The fourth-order valence-electron chi connectivity index (χ4n) is 1.49. The summed E-state index contributed by atoms with van der Waals surface area (Å²) in [5, 5.41) is 10.8. The summed E-state index contributed by atoms with van der Waals surface area (Å²) in [6.45, 7) is 1.92. The summed E-state index contributed by atoms with van der Waals surface area (Å²) in [4.78, 5) is 11.7. The van der Waals surface area contributed by atoms with Gasteiger partial charge < -0.3 is 4.74 Å². The van der Waals surface area contributed by atoms with Gasteiger partial charge in [-0.3, -0.25) is 0 Å². The van der Waals surface area contributed by atoms with Crippen LogP contribution in [0.2, 0.25) is 15.1 Å². The van der Waals surface area contributed by atoms with Gasteiger partial charge in [-0.25, -0.2) is 4.79 Å². The van der Waals surface area contributed by atoms with E-state index in [4.69, 9.17) is 39.5 Å². The van der Waals surface area contributed by atoms with Crippen LogP contribution in [0.25, 0.3) is 11.3 Å². The molecular weight excluding hydrogens is 312 g/mol. The molecule has 0 spiro atoms. The lowest BCUT2D eigenvalue weighted by atomic mass is 10.1. The van der Waals surface area contributed by atoms with Crippen LogP contribution in [0.4, 0.5) is 0 Å². The van der Waals surface area contributed by atoms with E-state index in [-0.39, 0.29) is 23.0 Å². The van der Waals surface area contributed by atoms with Gasteiger partial charge in [-0.1, -0.05) is 34.8 Å². The molecule has 2 rings (SSSR count). The van der Waals surface area contributed by atoms with Crippen molar-refractivity contribution < 1.29 is 9.53 Å². The third-order valence-electron chi connectivity index (χ3n) is 2.30. The summed E-state index contributed by atoms with van der Waals surface area (Å²) in [5.74, 6) is -0.613. The van der Waals surface area contributed by atoms with Gasteiger partial charge in [0.05, 0.1) is 21.7 Å². The number of H-pyrrole nitrogens is 1. The zero-order valence-electron chi connectivity index (χ0n) is 9.71. The largest absolute Gasteiger partial charge is 0.461 e. The number of hydrogen-bond donors (Lipinski definition) is 1. The van der Waals surface area contributed by atoms with Gasteiger partial charge in [0.2, 0.25) is 0 Å². The van der Waals surface area contributed by atoms with Crippen LogP contribution in [0.1, 0.15) is 17.4 Å². The zero-order chi connectivity index (χ0) is 14.0. The first-order valence-corrected chi connectivity index (χ1v) is 6.41. The summed E-state index contributed by atoms with van der Waals surface area (Å²) in [6, 6.07) is 3.12. The minimum atomic E-state index is -0.613. The molecule has 19 heavy (non-hydrogen) atoms. The second-order valence-corrected chi connectivity index (χ2v) is 4.65. The van der Waals surface area contributed by atoms with E-state index in [1.165, 1.54) is 0 Å². The third kappa shape index (κ3) is 2.68. The molecule has 0 radical (unpaired) electrons. The first-order valence-electron chi connectivity index (χ1n) is 5.28. The lowest BCUT2D eigenvalue weighted by molar-refractivity contribution is 0.0520. The van der Waals surface area contributed by atoms with Crippen LogP contribution < -0.4 is 0 Å². The molecular formula is C11H8Cl3N3O2. The molecule has 0 saturated carbocycles. The molecule has 0 saturated heterocycles. The highest BCUT2D eigenvalue weighted by molar-refractivity contribution is 6.46. The molecule has 0 aliphatic heterocycles. The number of nitrogens with zero attached hydrogens (tertiary/aromatic N) is 2. The van der Waals surface area contributed by atoms with Crippen molar-refractivity contribution in [3.8, 4) is 11.3 Å². The molecule has 1 aromatic carbocycles. The Balaban J connectivity index is 2.58. The molecule has 100 valence electrons. The summed E-state index contributed by atoms with van der Waals surface area (Å²) in [6.07, 6.45) is 0. The van der Waals surface area contributed by atoms with Crippen molar-refractivity contribution >= 4 is 40.8 Å². The Hall–Kier alpha value is -1.30. The second-order valence-electron chi connectivity index (χ2n) is 3.46. The van der Waals surface area contributed by atoms with Crippen LogP contribution in [-0.2, 0) is 4.74 Å². The maximum absolute atomic E-state index is 11.7. The first kappa shape index (κ1) is 14.1. The van der Waals surface area contributed by atoms with Gasteiger partial charge in [-0.05, 0) is 19.1 Å². The van der Waals surface area contributed by atoms with Gasteiger partial charge >= 0.3 is 5.97 Å². The van der Waals surface area contributed by atoms with E-state index < -0.39 is 5.97 Å². The molecule has 1 N–H and O–H groups in total. The maximum atomic E-state index is 11.7. The molecule has 0 fully saturated rings. The Bertz CT molecular complexity index is 628. The minimum Gasteiger partial charge on any atom is -0.461 e. The van der Waals surface area contributed by atoms with Gasteiger partial charge in [0.1, 0.15) is 5.69 Å². The van der Waals surface area contributed by atoms with E-state index >= 15 is 0 Å². The van der Waals surface area contributed by atoms with E-state index in [1.807, 2.05) is 0 Å². The van der Waals surface area contributed by atoms with Gasteiger partial charge in [0.25, 0.3) is 0 Å². The number of esters is 1. The topological polar surface area (TPSA) is 67.9 Å². The molecule has 2 aromatic rings. The fraction of sp³-hybridized carbons (Fsp3) is 0.182. The highest BCUT2D eigenvalue weighted by Gasteiger charge is 2.23. The molecule has 0 unspecified atom stereocenters. The molecule has 0 atom stereocenters. The quantitative estimate of drug-likeness (QED) is 0.693. The number of ether oxygens (including phenoxy) is 1. The van der Waals surface area contributed by atoms with Gasteiger partial charge in [-0.15, -0.1) is 5.10 Å². The van der Waals surface area contributed by atoms with E-state index in [1.54, 1.807) is 19.1 Å². The minimum absolute atomic E-state index is 0.00733. The number of aromatic amines is 1. The fourth-order valence-corrected chi connectivity index (χ4v) is 2.20. The second kappa shape index (κ2) is 5.77. The molecule has 1 aromatic heterocycles. The van der Waals surface area contributed by atoms with Crippen molar-refractivity contribution in [3.05, 3.63) is 32.9 Å². The van der Waals surface area contributed by atoms with Gasteiger partial charge in [0, 0.05) is 5.56 Å². The van der Waals surface area contributed by atoms with E-state index in [0.717, 1.165) is 0 Å². The highest BCUT2D eigenvalue weighted by Crippen LogP contribution is 2.39. The monoisotopic (exact) mass is 319 g/mol. The highest BCUT2D eigenvalue weighted by atomic mass is 35.5. The van der Waals surface area contributed by atoms with Crippen LogP contribution in [0.15, 0.2) is 12.1 Å². The lowest BCUT2D eigenvalue weighted by Crippen LogP contribution is -2.07. The van der Waals surface area contributed by atoms with Crippen LogP contribution in [0.3, 0.4) is 0 Å². The molecule has 0 aliphatic carbocycles. The molecule has 5 nitrogen and oxygen atoms in total. The molecule has 0 aliphatic rings. The summed E-state index contributed by atoms with van der Waals surface area (Å²) in [5.41, 5.74) is 0.552. The number of aromatic nitrogens is 3. The van der Waals surface area contributed by atoms with Crippen LogP contribution in [-0.4, -0.2) is 28.0 Å². The summed E-state index contributed by atoms with van der Waals surface area (Å²) < 4.78 is 4.88. The third-order valence-corrected chi connectivity index (χ3v) is 3.42. The number of carbonyl (C=O) groups is 1. The lowest BCUT2D eigenvalue weighted by Gasteiger charge is -2.07. The van der Waals surface area contributed by atoms with Crippen molar-refractivity contribution in [2.45, 2.75) is 6.92 Å². The molecule has 0 bridgehead atoms. The van der Waals surface area contributed by atoms with E-state index in [2.05, 4.69) is 15.4 Å². The van der Waals surface area contributed by atoms with Crippen LogP contribution >= 0.6 is 34.8 Å². The molecule has 1 heterocycles. The van der Waals surface area contributed by atoms with Crippen LogP contribution in [0.5, 0.6) is 0 Å². The Morgan fingerprint density at radius 2 is 1.95 bits per heavy atom. The van der Waals surface area contributed by atoms with Gasteiger partial charge in [0.15, 0.2) is 5.69 Å². The van der Waals surface area contributed by atoms with E-state index in [9.17, 15) is 4.79 Å². The average Bonchev–Trinajstić information content (AvgIpc) is 2.84. The summed E-state index contributed by atoms with van der Waals surface area (Å²) >= 11 is 18.1. The zero-order valence-corrected chi connectivity index (χ0v) is 12.0. The molecule has 8 heteroatoms. The van der Waals surface area contributed by atoms with Crippen molar-refractivity contribution in [1.29, 1.82) is 0 Å². The number of rotatable bonds is 3. The number of carbonyl (C=O) groups excluding carboxylic acids is 1. The predicted molar refractivity (Wildman–Crippen MR) is 72.8 cm³/mol. The van der Waals surface area contributed by atoms with Crippen molar-refractivity contribution in [1.82, 2.24) is 15.4 Å². The van der Waals surface area contributed by atoms with Crippen LogP contribution in [0, 0.1) is 0 Å². The summed E-state index contributed by atoms with van der Waals surface area (Å²) in [7, 11) is 0. The average molecular weight is 321 g/mol. The smallest absolute Gasteiger partial charge is 0.361 e. The Kier molecular flexibility index (Phi) is 4.29. The Morgan fingerprint density at radius 3 is 2.63 bits per heavy atom. The van der Waals surface area contributed by atoms with Gasteiger partial charge in [-0.2, -0.15) is 10.3 Å². The van der Waals surface area contributed by atoms with E-state index in [0.29, 0.717) is 15.6 Å². The predicted octanol–water partition coefficient (Wildman–Crippen LogP) is 3.61. The van der Waals surface area contributed by atoms with Crippen molar-refractivity contribution in [3.63, 3.8) is 0 Å². The van der Waals surface area contributed by atoms with Crippen molar-refractivity contribution in [2.24, 2.45) is 0 Å². The number of hydrogen-bond acceptors (Lipinski definition) is 4. The number of benzene rings is 1. The number of nitrogens with one attached hydrogen (secondary N) is 1. The maximum Gasteiger partial charge on any atom is 0.361 e. The molecule has 0 amide bonds. The van der Waals surface area contributed by atoms with Crippen molar-refractivity contribution in [2.75, 3.05) is 6.61 Å². The normalized spacial score (nSPS) is 10.5. The number of halogens is 3. The SMILES string of the molecule is CCOC(=O)c1n[nH]nc1-c1c(Cl)ccc(Cl)c1Cl. The Labute approximate surface area is 123 Å². The standard InChI is InChI=1S/C11H8Cl3N3O2/c1-2-19-11(18)10-9(15-17-16-10)7-5(12)3-4-6(13)8(7)14/h3-4H,2H2,1H3,(H,15,16,17). The Morgan fingerprint density at radius 1 is 1.26 bits per heavy atom. The first-order chi connectivity index (χ1) is 9.06.